The Balaban J connectivity index is 1.89. The van der Waals surface area contributed by atoms with Crippen molar-refractivity contribution >= 4 is 17.2 Å². The van der Waals surface area contributed by atoms with Crippen molar-refractivity contribution in [3.63, 3.8) is 0 Å². The van der Waals surface area contributed by atoms with Crippen molar-refractivity contribution in [3.8, 4) is 21.7 Å². The maximum Gasteiger partial charge on any atom is 0.234 e. The number of amides is 1. The Morgan fingerprint density at radius 3 is 2.10 bits per heavy atom. The number of hydrogen-bond donors (Lipinski definition) is 1. The number of benzene rings is 2. The lowest BCUT2D eigenvalue weighted by atomic mass is 10.0. The molecule has 1 N–H and O–H groups in total. The van der Waals surface area contributed by atoms with Crippen LogP contribution >= 0.6 is 11.3 Å². The van der Waals surface area contributed by atoms with Crippen LogP contribution in [0.2, 0.25) is 0 Å². The molecule has 3 aromatic rings. The molecule has 0 fully saturated rings. The molecule has 1 heterocycles. The second-order valence-corrected chi connectivity index (χ2v) is 9.00. The minimum atomic E-state index is 0.0385. The molecule has 0 atom stereocenters. The number of thiazole rings is 1. The lowest BCUT2D eigenvalue weighted by Gasteiger charge is -2.16. The van der Waals surface area contributed by atoms with Crippen LogP contribution in [-0.2, 0) is 11.3 Å². The molecule has 0 aliphatic rings. The van der Waals surface area contributed by atoms with Gasteiger partial charge < -0.3 is 5.32 Å². The Bertz CT molecular complexity index is 896. The third-order valence-corrected chi connectivity index (χ3v) is 5.67. The molecule has 0 saturated carbocycles. The number of carbonyl (C=O) groups is 1. The molecule has 3 rings (SSSR count). The van der Waals surface area contributed by atoms with Crippen molar-refractivity contribution in [1.82, 2.24) is 15.2 Å². The number of nitrogens with zero attached hydrogens (tertiary/aromatic N) is 2. The molecule has 5 heteroatoms. The first-order valence-corrected chi connectivity index (χ1v) is 10.7. The molecule has 0 aliphatic carbocycles. The van der Waals surface area contributed by atoms with Crippen LogP contribution in [0.4, 0.5) is 0 Å². The molecule has 0 saturated heterocycles. The Labute approximate surface area is 177 Å². The lowest BCUT2D eigenvalue weighted by Crippen LogP contribution is -2.38. The summed E-state index contributed by atoms with van der Waals surface area (Å²) in [7, 11) is 1.96. The fraction of sp³-hybridized carbons (Fsp3) is 0.333. The van der Waals surface area contributed by atoms with Gasteiger partial charge in [-0.05, 0) is 40.3 Å². The van der Waals surface area contributed by atoms with Crippen molar-refractivity contribution in [2.45, 2.75) is 40.3 Å². The molecule has 4 nitrogen and oxygen atoms in total. The van der Waals surface area contributed by atoms with E-state index >= 15 is 0 Å². The molecule has 0 radical (unpaired) electrons. The van der Waals surface area contributed by atoms with E-state index in [-0.39, 0.29) is 11.9 Å². The minimum Gasteiger partial charge on any atom is -0.353 e. The molecule has 0 unspecified atom stereocenters. The number of nitrogens with one attached hydrogen (secondary N) is 1. The zero-order chi connectivity index (χ0) is 21.0. The molecule has 29 heavy (non-hydrogen) atoms. The van der Waals surface area contributed by atoms with Gasteiger partial charge >= 0.3 is 0 Å². The summed E-state index contributed by atoms with van der Waals surface area (Å²) in [4.78, 5) is 20.2. The maximum absolute atomic E-state index is 12.1. The van der Waals surface area contributed by atoms with Gasteiger partial charge in [0.1, 0.15) is 5.01 Å². The Morgan fingerprint density at radius 1 is 1.00 bits per heavy atom. The Morgan fingerprint density at radius 2 is 1.55 bits per heavy atom. The SMILES string of the molecule is Cc1ccc(-c2nc(CN(C)CC(=O)NC(C)C)sc2-c2ccc(C)cc2)cc1. The van der Waals surface area contributed by atoms with Gasteiger partial charge in [0.25, 0.3) is 0 Å². The summed E-state index contributed by atoms with van der Waals surface area (Å²) in [6.07, 6.45) is 0. The summed E-state index contributed by atoms with van der Waals surface area (Å²) in [6, 6.07) is 17.2. The van der Waals surface area contributed by atoms with E-state index in [1.165, 1.54) is 21.6 Å². The number of likely N-dealkylation sites (N-methyl/N-ethyl adjacent to an activating group) is 1. The summed E-state index contributed by atoms with van der Waals surface area (Å²) in [5, 5.41) is 3.95. The largest absolute Gasteiger partial charge is 0.353 e. The van der Waals surface area contributed by atoms with Crippen molar-refractivity contribution in [2.75, 3.05) is 13.6 Å². The first kappa shape index (κ1) is 21.2. The topological polar surface area (TPSA) is 45.2 Å². The summed E-state index contributed by atoms with van der Waals surface area (Å²) in [5.41, 5.74) is 5.78. The normalized spacial score (nSPS) is 11.3. The van der Waals surface area contributed by atoms with Crippen LogP contribution in [-0.4, -0.2) is 35.4 Å². The predicted octanol–water partition coefficient (Wildman–Crippen LogP) is 5.05. The van der Waals surface area contributed by atoms with Crippen LogP contribution in [0.1, 0.15) is 30.0 Å². The Hall–Kier alpha value is -2.50. The highest BCUT2D eigenvalue weighted by molar-refractivity contribution is 7.15. The van der Waals surface area contributed by atoms with E-state index in [1.807, 2.05) is 25.8 Å². The second-order valence-electron chi connectivity index (χ2n) is 7.91. The van der Waals surface area contributed by atoms with Crippen molar-refractivity contribution in [1.29, 1.82) is 0 Å². The van der Waals surface area contributed by atoms with Gasteiger partial charge in [-0.25, -0.2) is 4.98 Å². The van der Waals surface area contributed by atoms with E-state index in [2.05, 4.69) is 67.7 Å². The highest BCUT2D eigenvalue weighted by Crippen LogP contribution is 2.37. The average Bonchev–Trinajstić information content (AvgIpc) is 3.05. The number of aromatic nitrogens is 1. The summed E-state index contributed by atoms with van der Waals surface area (Å²) in [6.45, 7) is 9.13. The molecule has 0 bridgehead atoms. The third kappa shape index (κ3) is 5.75. The van der Waals surface area contributed by atoms with Crippen LogP contribution in [0, 0.1) is 13.8 Å². The Kier molecular flexibility index (Phi) is 6.83. The molecule has 1 aromatic heterocycles. The summed E-state index contributed by atoms with van der Waals surface area (Å²) < 4.78 is 0. The van der Waals surface area contributed by atoms with Crippen LogP contribution in [0.3, 0.4) is 0 Å². The summed E-state index contributed by atoms with van der Waals surface area (Å²) in [5.74, 6) is 0.0385. The first-order valence-electron chi connectivity index (χ1n) is 9.93. The smallest absolute Gasteiger partial charge is 0.234 e. The van der Waals surface area contributed by atoms with Gasteiger partial charge in [-0.15, -0.1) is 11.3 Å². The van der Waals surface area contributed by atoms with Crippen LogP contribution < -0.4 is 5.32 Å². The van der Waals surface area contributed by atoms with Crippen LogP contribution in [0.5, 0.6) is 0 Å². The lowest BCUT2D eigenvalue weighted by molar-refractivity contribution is -0.122. The van der Waals surface area contributed by atoms with E-state index in [0.717, 1.165) is 16.3 Å². The number of carbonyl (C=O) groups excluding carboxylic acids is 1. The van der Waals surface area contributed by atoms with Crippen molar-refractivity contribution < 1.29 is 4.79 Å². The fourth-order valence-corrected chi connectivity index (χ4v) is 4.31. The molecule has 152 valence electrons. The first-order chi connectivity index (χ1) is 13.8. The molecule has 1 amide bonds. The monoisotopic (exact) mass is 407 g/mol. The fourth-order valence-electron chi connectivity index (χ4n) is 3.14. The van der Waals surface area contributed by atoms with Gasteiger partial charge in [-0.1, -0.05) is 59.7 Å². The predicted molar refractivity (Wildman–Crippen MR) is 122 cm³/mol. The zero-order valence-corrected chi connectivity index (χ0v) is 18.6. The van der Waals surface area contributed by atoms with Crippen LogP contribution in [0.15, 0.2) is 48.5 Å². The van der Waals surface area contributed by atoms with Crippen molar-refractivity contribution in [2.24, 2.45) is 0 Å². The second kappa shape index (κ2) is 9.33. The third-order valence-electron chi connectivity index (χ3n) is 4.58. The number of hydrogen-bond acceptors (Lipinski definition) is 4. The van der Waals surface area contributed by atoms with Crippen LogP contribution in [0.25, 0.3) is 21.7 Å². The van der Waals surface area contributed by atoms with E-state index in [1.54, 1.807) is 11.3 Å². The number of rotatable bonds is 7. The highest BCUT2D eigenvalue weighted by atomic mass is 32.1. The molecule has 2 aromatic carbocycles. The van der Waals surface area contributed by atoms with Gasteiger partial charge in [0.05, 0.1) is 23.7 Å². The maximum atomic E-state index is 12.1. The standard InChI is InChI=1S/C24H29N3OS/c1-16(2)25-21(28)14-27(5)15-22-26-23(19-10-6-17(3)7-11-19)24(29-22)20-12-8-18(4)9-13-20/h6-13,16H,14-15H2,1-5H3,(H,25,28). The quantitative estimate of drug-likeness (QED) is 0.596. The highest BCUT2D eigenvalue weighted by Gasteiger charge is 2.17. The average molecular weight is 408 g/mol. The summed E-state index contributed by atoms with van der Waals surface area (Å²) >= 11 is 1.70. The van der Waals surface area contributed by atoms with Gasteiger partial charge in [0.2, 0.25) is 5.91 Å². The van der Waals surface area contributed by atoms with E-state index < -0.39 is 0 Å². The van der Waals surface area contributed by atoms with E-state index in [0.29, 0.717) is 13.1 Å². The van der Waals surface area contributed by atoms with Gasteiger partial charge in [0.15, 0.2) is 0 Å². The minimum absolute atomic E-state index is 0.0385. The zero-order valence-electron chi connectivity index (χ0n) is 17.8. The van der Waals surface area contributed by atoms with E-state index in [9.17, 15) is 4.79 Å². The number of aryl methyl sites for hydroxylation is 2. The van der Waals surface area contributed by atoms with Crippen molar-refractivity contribution in [3.05, 3.63) is 64.7 Å². The van der Waals surface area contributed by atoms with Gasteiger partial charge in [-0.2, -0.15) is 0 Å². The molecular formula is C24H29N3OS. The molecule has 0 spiro atoms. The van der Waals surface area contributed by atoms with Gasteiger partial charge in [-0.3, -0.25) is 9.69 Å². The van der Waals surface area contributed by atoms with Gasteiger partial charge in [0, 0.05) is 11.6 Å². The van der Waals surface area contributed by atoms with E-state index in [4.69, 9.17) is 4.98 Å². The molecule has 0 aliphatic heterocycles. The molecular weight excluding hydrogens is 378 g/mol.